The van der Waals surface area contributed by atoms with E-state index in [4.69, 9.17) is 16.2 Å². The monoisotopic (exact) mass is 612 g/mol. The van der Waals surface area contributed by atoms with Crippen LogP contribution < -0.4 is 26.6 Å². The van der Waals surface area contributed by atoms with Crippen molar-refractivity contribution in [3.63, 3.8) is 0 Å². The van der Waals surface area contributed by atoms with Crippen molar-refractivity contribution in [1.82, 2.24) is 4.98 Å². The zero-order valence-electron chi connectivity index (χ0n) is 22.4. The van der Waals surface area contributed by atoms with Gasteiger partial charge in [0.25, 0.3) is 5.91 Å². The molecule has 3 heterocycles. The molecule has 8 nitrogen and oxygen atoms in total. The largest absolute Gasteiger partial charge is 0.398 e. The van der Waals surface area contributed by atoms with Gasteiger partial charge < -0.3 is 31.3 Å². The summed E-state index contributed by atoms with van der Waals surface area (Å²) in [6.45, 7) is 5.26. The minimum absolute atomic E-state index is 0. The Kier molecular flexibility index (Phi) is 10.7. The highest BCUT2D eigenvalue weighted by Gasteiger charge is 2.27. The lowest BCUT2D eigenvalue weighted by molar-refractivity contribution is 0.102. The van der Waals surface area contributed by atoms with Crippen molar-refractivity contribution >= 4 is 53.5 Å². The summed E-state index contributed by atoms with van der Waals surface area (Å²) in [5.74, 6) is -3.53. The lowest BCUT2D eigenvalue weighted by atomic mass is 9.96. The number of pyridine rings is 1. The molecule has 2 atom stereocenters. The Labute approximate surface area is 249 Å². The van der Waals surface area contributed by atoms with Gasteiger partial charge in [0.15, 0.2) is 0 Å². The average molecular weight is 614 g/mol. The molecule has 2 saturated heterocycles. The van der Waals surface area contributed by atoms with E-state index in [-0.39, 0.29) is 36.5 Å². The summed E-state index contributed by atoms with van der Waals surface area (Å²) in [7, 11) is 0. The third kappa shape index (κ3) is 6.81. The molecule has 5 rings (SSSR count). The number of halogens is 5. The van der Waals surface area contributed by atoms with Crippen molar-refractivity contribution < 1.29 is 22.7 Å². The number of aromatic nitrogens is 1. The van der Waals surface area contributed by atoms with E-state index in [1.54, 1.807) is 17.2 Å². The fourth-order valence-corrected chi connectivity index (χ4v) is 5.38. The van der Waals surface area contributed by atoms with Gasteiger partial charge in [-0.15, -0.1) is 24.8 Å². The van der Waals surface area contributed by atoms with Crippen molar-refractivity contribution in [2.75, 3.05) is 60.2 Å². The highest BCUT2D eigenvalue weighted by molar-refractivity contribution is 6.10. The SMILES string of the molecule is C[C@@H]1C[C@H](N)CN(c2ccncc2NC(=O)c2c(N)ccc(-c3c(F)cc(N4CCOCC4)cc3F)c2F)C1.Cl.Cl. The summed E-state index contributed by atoms with van der Waals surface area (Å²) in [6.07, 6.45) is 3.94. The third-order valence-corrected chi connectivity index (χ3v) is 7.15. The van der Waals surface area contributed by atoms with E-state index in [0.29, 0.717) is 55.8 Å². The number of carbonyl (C=O) groups is 1. The highest BCUT2D eigenvalue weighted by atomic mass is 35.5. The van der Waals surface area contributed by atoms with Gasteiger partial charge in [-0.05, 0) is 42.7 Å². The van der Waals surface area contributed by atoms with E-state index in [0.717, 1.165) is 25.1 Å². The number of morpholine rings is 1. The molecule has 13 heteroatoms. The second-order valence-electron chi connectivity index (χ2n) is 10.1. The molecule has 0 radical (unpaired) electrons. The number of benzene rings is 2. The van der Waals surface area contributed by atoms with Gasteiger partial charge in [0.1, 0.15) is 17.5 Å². The molecule has 0 aliphatic carbocycles. The van der Waals surface area contributed by atoms with E-state index in [9.17, 15) is 4.79 Å². The van der Waals surface area contributed by atoms with Gasteiger partial charge >= 0.3 is 0 Å². The van der Waals surface area contributed by atoms with Crippen LogP contribution in [0, 0.1) is 23.4 Å². The average Bonchev–Trinajstić information content (AvgIpc) is 2.90. The van der Waals surface area contributed by atoms with Gasteiger partial charge in [-0.1, -0.05) is 6.92 Å². The molecule has 3 aromatic rings. The molecule has 41 heavy (non-hydrogen) atoms. The topological polar surface area (TPSA) is 110 Å². The molecule has 2 aliphatic rings. The van der Waals surface area contributed by atoms with Crippen LogP contribution in [0.15, 0.2) is 42.7 Å². The molecule has 0 spiro atoms. The molecule has 0 bridgehead atoms. The first-order chi connectivity index (χ1) is 18.7. The second kappa shape index (κ2) is 13.6. The van der Waals surface area contributed by atoms with Crippen LogP contribution in [0.2, 0.25) is 0 Å². The van der Waals surface area contributed by atoms with Crippen LogP contribution in [0.4, 0.5) is 35.9 Å². The predicted octanol–water partition coefficient (Wildman–Crippen LogP) is 4.85. The number of hydrogen-bond acceptors (Lipinski definition) is 7. The Morgan fingerprint density at radius 1 is 1.05 bits per heavy atom. The predicted molar refractivity (Wildman–Crippen MR) is 160 cm³/mol. The normalized spacial score (nSPS) is 18.8. The molecule has 2 fully saturated rings. The van der Waals surface area contributed by atoms with Crippen molar-refractivity contribution in [2.45, 2.75) is 19.4 Å². The van der Waals surface area contributed by atoms with Gasteiger partial charge in [-0.2, -0.15) is 0 Å². The van der Waals surface area contributed by atoms with Gasteiger partial charge in [0.2, 0.25) is 0 Å². The second-order valence-corrected chi connectivity index (χ2v) is 10.1. The number of nitrogens with zero attached hydrogens (tertiary/aromatic N) is 3. The van der Waals surface area contributed by atoms with Crippen molar-refractivity contribution in [2.24, 2.45) is 11.7 Å². The van der Waals surface area contributed by atoms with Crippen LogP contribution in [-0.2, 0) is 4.74 Å². The zero-order valence-corrected chi connectivity index (χ0v) is 24.0. The van der Waals surface area contributed by atoms with Crippen molar-refractivity contribution in [3.8, 4) is 11.1 Å². The smallest absolute Gasteiger partial charge is 0.260 e. The number of anilines is 4. The molecular formula is C28H33Cl2F3N6O2. The number of nitrogens with two attached hydrogens (primary N) is 2. The molecule has 5 N–H and O–H groups in total. The maximum atomic E-state index is 15.8. The summed E-state index contributed by atoms with van der Waals surface area (Å²) >= 11 is 0. The van der Waals surface area contributed by atoms with E-state index in [1.807, 2.05) is 4.90 Å². The summed E-state index contributed by atoms with van der Waals surface area (Å²) in [6, 6.07) is 6.46. The molecule has 1 aromatic heterocycles. The molecule has 1 amide bonds. The van der Waals surface area contributed by atoms with Crippen LogP contribution >= 0.6 is 24.8 Å². The number of carbonyl (C=O) groups excluding carboxylic acids is 1. The van der Waals surface area contributed by atoms with E-state index >= 15 is 13.2 Å². The lowest BCUT2D eigenvalue weighted by Crippen LogP contribution is -2.46. The van der Waals surface area contributed by atoms with Crippen LogP contribution in [0.3, 0.4) is 0 Å². The third-order valence-electron chi connectivity index (χ3n) is 7.15. The number of hydrogen-bond donors (Lipinski definition) is 3. The highest BCUT2D eigenvalue weighted by Crippen LogP contribution is 2.36. The Balaban J connectivity index is 0.00000231. The minimum Gasteiger partial charge on any atom is -0.398 e. The number of ether oxygens (including phenoxy) is 1. The van der Waals surface area contributed by atoms with Gasteiger partial charge in [0, 0.05) is 55.4 Å². The van der Waals surface area contributed by atoms with Gasteiger partial charge in [-0.3, -0.25) is 9.78 Å². The molecule has 0 unspecified atom stereocenters. The molecule has 0 saturated carbocycles. The molecule has 2 aromatic carbocycles. The standard InChI is InChI=1S/C28H31F3N6O2.2ClH/c1-16-10-17(32)15-37(14-16)24-4-5-34-13-23(24)35-28(38)26-22(33)3-2-19(27(26)31)25-20(29)11-18(12-21(25)30)36-6-8-39-9-7-36;;/h2-5,11-13,16-17H,6-10,14-15,32-33H2,1H3,(H,35,38);2*1H/t16-,17+;;/m1../s1. The number of amides is 1. The van der Waals surface area contributed by atoms with Crippen molar-refractivity contribution in [1.29, 1.82) is 0 Å². The zero-order chi connectivity index (χ0) is 27.7. The number of rotatable bonds is 5. The maximum absolute atomic E-state index is 15.8. The summed E-state index contributed by atoms with van der Waals surface area (Å²) < 4.78 is 51.5. The Hall–Kier alpha value is -3.25. The Bertz CT molecular complexity index is 1360. The fraction of sp³-hybridized carbons (Fsp3) is 0.357. The first-order valence-corrected chi connectivity index (χ1v) is 12.9. The van der Waals surface area contributed by atoms with Crippen molar-refractivity contribution in [3.05, 3.63) is 65.7 Å². The quantitative estimate of drug-likeness (QED) is 0.353. The van der Waals surface area contributed by atoms with Gasteiger partial charge in [-0.25, -0.2) is 13.2 Å². The van der Waals surface area contributed by atoms with E-state index in [1.165, 1.54) is 18.3 Å². The number of nitrogen functional groups attached to an aromatic ring is 1. The fourth-order valence-electron chi connectivity index (χ4n) is 5.38. The Morgan fingerprint density at radius 3 is 2.39 bits per heavy atom. The summed E-state index contributed by atoms with van der Waals surface area (Å²) in [5.41, 5.74) is 11.9. The first-order valence-electron chi connectivity index (χ1n) is 12.9. The number of piperidine rings is 1. The number of nitrogens with one attached hydrogen (secondary N) is 1. The van der Waals surface area contributed by atoms with E-state index < -0.39 is 40.0 Å². The van der Waals surface area contributed by atoms with Crippen LogP contribution in [0.5, 0.6) is 0 Å². The minimum atomic E-state index is -1.12. The van der Waals surface area contributed by atoms with Crippen LogP contribution in [0.25, 0.3) is 11.1 Å². The van der Waals surface area contributed by atoms with Crippen LogP contribution in [-0.4, -0.2) is 56.3 Å². The first kappa shape index (κ1) is 32.3. The van der Waals surface area contributed by atoms with Gasteiger partial charge in [0.05, 0.1) is 41.9 Å². The molecular weight excluding hydrogens is 580 g/mol. The maximum Gasteiger partial charge on any atom is 0.260 e. The molecule has 222 valence electrons. The summed E-state index contributed by atoms with van der Waals surface area (Å²) in [5, 5.41) is 2.69. The summed E-state index contributed by atoms with van der Waals surface area (Å²) in [4.78, 5) is 21.3. The molecule has 2 aliphatic heterocycles. The van der Waals surface area contributed by atoms with E-state index in [2.05, 4.69) is 17.2 Å². The lowest BCUT2D eigenvalue weighted by Gasteiger charge is -2.37. The van der Waals surface area contributed by atoms with Crippen LogP contribution in [0.1, 0.15) is 23.7 Å². The Morgan fingerprint density at radius 2 is 1.73 bits per heavy atom.